The lowest BCUT2D eigenvalue weighted by atomic mass is 10.0. The molecule has 5 nitrogen and oxygen atoms in total. The van der Waals surface area contributed by atoms with Gasteiger partial charge >= 0.3 is 11.9 Å². The SMILES string of the molecule is Cn1cc(/C(=C\C(=O)O)C(=O)O)c2ccccc21. The van der Waals surface area contributed by atoms with Gasteiger partial charge in [-0.05, 0) is 6.07 Å². The number of carboxylic acid groups (broad SMARTS) is 2. The average molecular weight is 245 g/mol. The molecule has 0 saturated heterocycles. The predicted molar refractivity (Wildman–Crippen MR) is 66.2 cm³/mol. The first kappa shape index (κ1) is 11.9. The minimum Gasteiger partial charge on any atom is -0.478 e. The van der Waals surface area contributed by atoms with Gasteiger partial charge in [0.15, 0.2) is 0 Å². The van der Waals surface area contributed by atoms with E-state index >= 15 is 0 Å². The smallest absolute Gasteiger partial charge is 0.336 e. The molecule has 0 aliphatic rings. The summed E-state index contributed by atoms with van der Waals surface area (Å²) in [6.45, 7) is 0. The topological polar surface area (TPSA) is 79.5 Å². The van der Waals surface area contributed by atoms with Crippen LogP contribution < -0.4 is 0 Å². The minimum atomic E-state index is -1.28. The first-order valence-electron chi connectivity index (χ1n) is 5.23. The number of nitrogens with zero attached hydrogens (tertiary/aromatic N) is 1. The molecule has 0 saturated carbocycles. The number of para-hydroxylation sites is 1. The molecule has 5 heteroatoms. The molecular formula is C13H11NO4. The Labute approximate surface area is 103 Å². The summed E-state index contributed by atoms with van der Waals surface area (Å²) in [5, 5.41) is 18.5. The van der Waals surface area contributed by atoms with E-state index < -0.39 is 11.9 Å². The van der Waals surface area contributed by atoms with Crippen molar-refractivity contribution in [3.63, 3.8) is 0 Å². The Morgan fingerprint density at radius 3 is 2.50 bits per heavy atom. The van der Waals surface area contributed by atoms with E-state index in [9.17, 15) is 9.59 Å². The van der Waals surface area contributed by atoms with E-state index in [1.165, 1.54) is 0 Å². The van der Waals surface area contributed by atoms with Crippen LogP contribution in [0, 0.1) is 0 Å². The van der Waals surface area contributed by atoms with Gasteiger partial charge in [-0.15, -0.1) is 0 Å². The Morgan fingerprint density at radius 1 is 1.22 bits per heavy atom. The van der Waals surface area contributed by atoms with Gasteiger partial charge in [-0.1, -0.05) is 18.2 Å². The summed E-state index contributed by atoms with van der Waals surface area (Å²) in [5.41, 5.74) is 1.03. The first-order chi connectivity index (χ1) is 8.50. The number of aryl methyl sites for hydroxylation is 1. The Balaban J connectivity index is 2.73. The van der Waals surface area contributed by atoms with E-state index in [1.54, 1.807) is 29.9 Å². The van der Waals surface area contributed by atoms with Gasteiger partial charge in [0.2, 0.25) is 0 Å². The second-order valence-electron chi connectivity index (χ2n) is 3.87. The van der Waals surface area contributed by atoms with E-state index in [1.807, 2.05) is 12.1 Å². The standard InChI is InChI=1S/C13H11NO4/c1-14-7-10(8-4-2-3-5-11(8)14)9(13(17)18)6-12(15)16/h2-7H,1H3,(H,15,16)(H,17,18)/b9-6+. The summed E-state index contributed by atoms with van der Waals surface area (Å²) in [6, 6.07) is 7.24. The van der Waals surface area contributed by atoms with Crippen molar-refractivity contribution in [2.24, 2.45) is 7.05 Å². The quantitative estimate of drug-likeness (QED) is 0.807. The fourth-order valence-corrected chi connectivity index (χ4v) is 1.93. The van der Waals surface area contributed by atoms with Gasteiger partial charge in [-0.3, -0.25) is 0 Å². The molecule has 0 fully saturated rings. The number of rotatable bonds is 3. The normalized spacial score (nSPS) is 11.7. The molecule has 0 unspecified atom stereocenters. The lowest BCUT2D eigenvalue weighted by Crippen LogP contribution is -2.02. The molecule has 92 valence electrons. The molecule has 0 atom stereocenters. The third kappa shape index (κ3) is 1.98. The van der Waals surface area contributed by atoms with E-state index in [0.29, 0.717) is 11.6 Å². The number of aromatic nitrogens is 1. The van der Waals surface area contributed by atoms with Gasteiger partial charge in [0.05, 0.1) is 5.57 Å². The highest BCUT2D eigenvalue weighted by molar-refractivity contribution is 6.22. The van der Waals surface area contributed by atoms with Gasteiger partial charge < -0.3 is 14.8 Å². The molecule has 0 radical (unpaired) electrons. The summed E-state index contributed by atoms with van der Waals surface area (Å²) in [7, 11) is 1.78. The zero-order chi connectivity index (χ0) is 13.3. The van der Waals surface area contributed by atoms with Crippen molar-refractivity contribution in [2.75, 3.05) is 0 Å². The van der Waals surface area contributed by atoms with Crippen molar-refractivity contribution in [1.29, 1.82) is 0 Å². The largest absolute Gasteiger partial charge is 0.478 e. The van der Waals surface area contributed by atoms with Gasteiger partial charge in [-0.2, -0.15) is 0 Å². The Hall–Kier alpha value is -2.56. The maximum absolute atomic E-state index is 11.1. The maximum Gasteiger partial charge on any atom is 0.336 e. The summed E-state index contributed by atoms with van der Waals surface area (Å²) < 4.78 is 1.77. The Morgan fingerprint density at radius 2 is 1.89 bits per heavy atom. The zero-order valence-corrected chi connectivity index (χ0v) is 9.62. The summed E-state index contributed by atoms with van der Waals surface area (Å²) in [5.74, 6) is -2.53. The molecule has 1 aromatic carbocycles. The highest BCUT2D eigenvalue weighted by atomic mass is 16.4. The Kier molecular flexibility index (Phi) is 2.89. The van der Waals surface area contributed by atoms with Gasteiger partial charge in [0, 0.05) is 35.8 Å². The number of hydrogen-bond acceptors (Lipinski definition) is 2. The van der Waals surface area contributed by atoms with Crippen LogP contribution in [0.5, 0.6) is 0 Å². The molecule has 1 heterocycles. The molecule has 0 amide bonds. The molecule has 2 N–H and O–H groups in total. The number of aliphatic carboxylic acids is 2. The molecule has 1 aromatic heterocycles. The van der Waals surface area contributed by atoms with Crippen LogP contribution >= 0.6 is 0 Å². The molecule has 18 heavy (non-hydrogen) atoms. The van der Waals surface area contributed by atoms with Crippen molar-refractivity contribution in [3.05, 3.63) is 42.1 Å². The second kappa shape index (κ2) is 4.37. The highest BCUT2D eigenvalue weighted by Crippen LogP contribution is 2.26. The third-order valence-corrected chi connectivity index (χ3v) is 2.69. The second-order valence-corrected chi connectivity index (χ2v) is 3.87. The van der Waals surface area contributed by atoms with Crippen molar-refractivity contribution >= 4 is 28.4 Å². The molecule has 2 aromatic rings. The van der Waals surface area contributed by atoms with Crippen molar-refractivity contribution in [1.82, 2.24) is 4.57 Å². The van der Waals surface area contributed by atoms with Crippen LogP contribution in [0.3, 0.4) is 0 Å². The average Bonchev–Trinajstić information content (AvgIpc) is 2.64. The first-order valence-corrected chi connectivity index (χ1v) is 5.23. The van der Waals surface area contributed by atoms with Crippen LogP contribution in [0.1, 0.15) is 5.56 Å². The minimum absolute atomic E-state index is 0.223. The molecule has 0 bridgehead atoms. The number of carbonyl (C=O) groups is 2. The van der Waals surface area contributed by atoms with Gasteiger partial charge in [0.1, 0.15) is 0 Å². The number of benzene rings is 1. The number of hydrogen-bond donors (Lipinski definition) is 2. The lowest BCUT2D eigenvalue weighted by Gasteiger charge is -1.99. The van der Waals surface area contributed by atoms with Gasteiger partial charge in [0.25, 0.3) is 0 Å². The summed E-state index contributed by atoms with van der Waals surface area (Å²) in [6.07, 6.45) is 2.33. The van der Waals surface area contributed by atoms with E-state index in [2.05, 4.69) is 0 Å². The van der Waals surface area contributed by atoms with Crippen LogP contribution in [0.2, 0.25) is 0 Å². The van der Waals surface area contributed by atoms with E-state index in [4.69, 9.17) is 10.2 Å². The molecule has 0 aliphatic carbocycles. The summed E-state index contributed by atoms with van der Waals surface area (Å²) in [4.78, 5) is 21.8. The van der Waals surface area contributed by atoms with Crippen LogP contribution in [0.25, 0.3) is 16.5 Å². The van der Waals surface area contributed by atoms with Gasteiger partial charge in [-0.25, -0.2) is 9.59 Å². The monoisotopic (exact) mass is 245 g/mol. The number of fused-ring (bicyclic) bond motifs is 1. The van der Waals surface area contributed by atoms with Crippen LogP contribution in [-0.2, 0) is 16.6 Å². The molecular weight excluding hydrogens is 234 g/mol. The summed E-state index contributed by atoms with van der Waals surface area (Å²) >= 11 is 0. The molecule has 0 spiro atoms. The lowest BCUT2D eigenvalue weighted by molar-refractivity contribution is -0.133. The van der Waals surface area contributed by atoms with Crippen LogP contribution in [0.4, 0.5) is 0 Å². The molecule has 2 rings (SSSR count). The fraction of sp³-hybridized carbons (Fsp3) is 0.0769. The Bertz CT molecular complexity index is 667. The number of carboxylic acids is 2. The van der Waals surface area contributed by atoms with Crippen LogP contribution in [0.15, 0.2) is 36.5 Å². The van der Waals surface area contributed by atoms with E-state index in [-0.39, 0.29) is 5.57 Å². The van der Waals surface area contributed by atoms with Crippen molar-refractivity contribution in [2.45, 2.75) is 0 Å². The van der Waals surface area contributed by atoms with Crippen molar-refractivity contribution in [3.8, 4) is 0 Å². The fourth-order valence-electron chi connectivity index (χ4n) is 1.93. The highest BCUT2D eigenvalue weighted by Gasteiger charge is 2.17. The predicted octanol–water partition coefficient (Wildman–Crippen LogP) is 1.73. The van der Waals surface area contributed by atoms with Crippen molar-refractivity contribution < 1.29 is 19.8 Å². The van der Waals surface area contributed by atoms with E-state index in [0.717, 1.165) is 10.9 Å². The maximum atomic E-state index is 11.1. The molecule has 0 aliphatic heterocycles. The zero-order valence-electron chi connectivity index (χ0n) is 9.62. The van der Waals surface area contributed by atoms with Crippen LogP contribution in [-0.4, -0.2) is 26.7 Å². The third-order valence-electron chi connectivity index (χ3n) is 2.69.